The van der Waals surface area contributed by atoms with Gasteiger partial charge in [-0.1, -0.05) is 33.1 Å². The molecule has 3 rings (SSSR count). The Labute approximate surface area is 110 Å². The van der Waals surface area contributed by atoms with E-state index in [-0.39, 0.29) is 5.41 Å². The summed E-state index contributed by atoms with van der Waals surface area (Å²) in [6.45, 7) is 6.27. The molecule has 3 atom stereocenters. The van der Waals surface area contributed by atoms with Gasteiger partial charge < -0.3 is 15.2 Å². The maximum Gasteiger partial charge on any atom is 0.0771 e. The highest BCUT2D eigenvalue weighted by molar-refractivity contribution is 5.11. The maximum atomic E-state index is 10.6. The molecule has 2 aliphatic carbocycles. The molecule has 3 fully saturated rings. The summed E-state index contributed by atoms with van der Waals surface area (Å²) >= 11 is 0. The second-order valence-electron chi connectivity index (χ2n) is 7.21. The number of ether oxygens (including phenoxy) is 1. The largest absolute Gasteiger partial charge is 0.389 e. The van der Waals surface area contributed by atoms with Crippen LogP contribution in [0.5, 0.6) is 0 Å². The van der Waals surface area contributed by atoms with Gasteiger partial charge in [-0.3, -0.25) is 0 Å². The van der Waals surface area contributed by atoms with E-state index in [9.17, 15) is 5.11 Å². The average Bonchev–Trinajstić information content (AvgIpc) is 2.76. The molecule has 0 bridgehead atoms. The van der Waals surface area contributed by atoms with E-state index >= 15 is 0 Å². The molecular formula is C15H27NO2. The first-order chi connectivity index (χ1) is 8.53. The van der Waals surface area contributed by atoms with E-state index in [0.717, 1.165) is 26.0 Å². The van der Waals surface area contributed by atoms with Crippen LogP contribution in [0.2, 0.25) is 0 Å². The highest BCUT2D eigenvalue weighted by Crippen LogP contribution is 2.52. The SMILES string of the molecule is CC1(C)C(NCC2(O)CCCCC2)[C@@H]2CCO[C@@H]21. The van der Waals surface area contributed by atoms with Crippen molar-refractivity contribution in [2.45, 2.75) is 70.1 Å². The third kappa shape index (κ3) is 2.00. The van der Waals surface area contributed by atoms with Gasteiger partial charge in [0.2, 0.25) is 0 Å². The second-order valence-corrected chi connectivity index (χ2v) is 7.21. The molecule has 1 unspecified atom stereocenters. The van der Waals surface area contributed by atoms with Crippen LogP contribution >= 0.6 is 0 Å². The smallest absolute Gasteiger partial charge is 0.0771 e. The Morgan fingerprint density at radius 2 is 1.94 bits per heavy atom. The zero-order chi connectivity index (χ0) is 12.8. The van der Waals surface area contributed by atoms with Crippen LogP contribution in [0.25, 0.3) is 0 Å². The molecule has 3 aliphatic rings. The fraction of sp³-hybridized carbons (Fsp3) is 1.00. The van der Waals surface area contributed by atoms with Crippen LogP contribution < -0.4 is 5.32 Å². The monoisotopic (exact) mass is 253 g/mol. The minimum atomic E-state index is -0.446. The van der Waals surface area contributed by atoms with Crippen LogP contribution in [0.1, 0.15) is 52.4 Å². The Hall–Kier alpha value is -0.120. The number of fused-ring (bicyclic) bond motifs is 1. The van der Waals surface area contributed by atoms with Crippen LogP contribution in [0.3, 0.4) is 0 Å². The predicted octanol–water partition coefficient (Wildman–Crippen LogP) is 2.08. The highest BCUT2D eigenvalue weighted by atomic mass is 16.5. The lowest BCUT2D eigenvalue weighted by molar-refractivity contribution is -0.119. The summed E-state index contributed by atoms with van der Waals surface area (Å²) in [5.74, 6) is 0.673. The first kappa shape index (κ1) is 12.9. The van der Waals surface area contributed by atoms with Gasteiger partial charge in [-0.25, -0.2) is 0 Å². The van der Waals surface area contributed by atoms with Crippen LogP contribution in [0.4, 0.5) is 0 Å². The lowest BCUT2D eigenvalue weighted by Crippen LogP contribution is -2.67. The minimum Gasteiger partial charge on any atom is -0.389 e. The van der Waals surface area contributed by atoms with Crippen molar-refractivity contribution in [2.24, 2.45) is 11.3 Å². The summed E-state index contributed by atoms with van der Waals surface area (Å²) in [6, 6.07) is 0.524. The molecule has 0 spiro atoms. The van der Waals surface area contributed by atoms with Crippen molar-refractivity contribution in [3.63, 3.8) is 0 Å². The van der Waals surface area contributed by atoms with Crippen molar-refractivity contribution < 1.29 is 9.84 Å². The number of hydrogen-bond acceptors (Lipinski definition) is 3. The topological polar surface area (TPSA) is 41.5 Å². The normalized spacial score (nSPS) is 41.2. The van der Waals surface area contributed by atoms with Crippen molar-refractivity contribution in [3.8, 4) is 0 Å². The Balaban J connectivity index is 1.57. The van der Waals surface area contributed by atoms with E-state index < -0.39 is 5.60 Å². The van der Waals surface area contributed by atoms with Gasteiger partial charge in [-0.15, -0.1) is 0 Å². The zero-order valence-electron chi connectivity index (χ0n) is 11.7. The van der Waals surface area contributed by atoms with E-state index in [1.807, 2.05) is 0 Å². The number of nitrogens with one attached hydrogen (secondary N) is 1. The quantitative estimate of drug-likeness (QED) is 0.809. The van der Waals surface area contributed by atoms with Crippen LogP contribution in [0.15, 0.2) is 0 Å². The molecule has 0 radical (unpaired) electrons. The predicted molar refractivity (Wildman–Crippen MR) is 71.5 cm³/mol. The molecule has 0 amide bonds. The van der Waals surface area contributed by atoms with Crippen molar-refractivity contribution >= 4 is 0 Å². The van der Waals surface area contributed by atoms with Crippen LogP contribution in [0, 0.1) is 11.3 Å². The summed E-state index contributed by atoms with van der Waals surface area (Å²) in [6.07, 6.45) is 7.22. The molecule has 18 heavy (non-hydrogen) atoms. The molecule has 2 N–H and O–H groups in total. The second kappa shape index (κ2) is 4.46. The number of aliphatic hydroxyl groups is 1. The van der Waals surface area contributed by atoms with Crippen LogP contribution in [-0.2, 0) is 4.74 Å². The fourth-order valence-corrected chi connectivity index (χ4v) is 4.43. The Bertz CT molecular complexity index is 310. The number of rotatable bonds is 3. The first-order valence-corrected chi connectivity index (χ1v) is 7.60. The van der Waals surface area contributed by atoms with Gasteiger partial charge in [-0.2, -0.15) is 0 Å². The molecule has 104 valence electrons. The third-order valence-corrected chi connectivity index (χ3v) is 5.54. The first-order valence-electron chi connectivity index (χ1n) is 7.60. The van der Waals surface area contributed by atoms with Gasteiger partial charge in [0, 0.05) is 30.5 Å². The van der Waals surface area contributed by atoms with Gasteiger partial charge in [0.15, 0.2) is 0 Å². The van der Waals surface area contributed by atoms with E-state index in [1.54, 1.807) is 0 Å². The van der Waals surface area contributed by atoms with Gasteiger partial charge in [0.25, 0.3) is 0 Å². The minimum absolute atomic E-state index is 0.228. The summed E-state index contributed by atoms with van der Waals surface area (Å²) in [7, 11) is 0. The zero-order valence-corrected chi connectivity index (χ0v) is 11.7. The molecule has 2 saturated carbocycles. The van der Waals surface area contributed by atoms with Crippen molar-refractivity contribution in [1.82, 2.24) is 5.32 Å². The molecule has 3 nitrogen and oxygen atoms in total. The van der Waals surface area contributed by atoms with Crippen molar-refractivity contribution in [3.05, 3.63) is 0 Å². The molecular weight excluding hydrogens is 226 g/mol. The van der Waals surface area contributed by atoms with Gasteiger partial charge in [0.05, 0.1) is 11.7 Å². The van der Waals surface area contributed by atoms with Gasteiger partial charge >= 0.3 is 0 Å². The summed E-state index contributed by atoms with van der Waals surface area (Å²) < 4.78 is 5.81. The molecule has 1 heterocycles. The molecule has 0 aromatic heterocycles. The van der Waals surface area contributed by atoms with Crippen LogP contribution in [-0.4, -0.2) is 36.0 Å². The van der Waals surface area contributed by atoms with Crippen molar-refractivity contribution in [2.75, 3.05) is 13.2 Å². The summed E-state index contributed by atoms with van der Waals surface area (Å²) in [5.41, 5.74) is -0.217. The van der Waals surface area contributed by atoms with E-state index in [1.165, 1.54) is 25.7 Å². The van der Waals surface area contributed by atoms with Gasteiger partial charge in [-0.05, 0) is 19.3 Å². The van der Waals surface area contributed by atoms with E-state index in [2.05, 4.69) is 19.2 Å². The standard InChI is InChI=1S/C15H27NO2/c1-14(2)12(11-6-9-18-13(11)14)16-10-15(17)7-4-3-5-8-15/h11-13,16-17H,3-10H2,1-2H3/t11-,12?,13-/m0/s1. The van der Waals surface area contributed by atoms with Gasteiger partial charge in [0.1, 0.15) is 0 Å². The summed E-state index contributed by atoms with van der Waals surface area (Å²) in [4.78, 5) is 0. The maximum absolute atomic E-state index is 10.6. The lowest BCUT2D eigenvalue weighted by Gasteiger charge is -2.55. The average molecular weight is 253 g/mol. The summed E-state index contributed by atoms with van der Waals surface area (Å²) in [5, 5.41) is 14.2. The fourth-order valence-electron chi connectivity index (χ4n) is 4.43. The van der Waals surface area contributed by atoms with E-state index in [4.69, 9.17) is 4.74 Å². The highest BCUT2D eigenvalue weighted by Gasteiger charge is 2.59. The molecule has 3 heteroatoms. The Morgan fingerprint density at radius 3 is 2.67 bits per heavy atom. The molecule has 1 aliphatic heterocycles. The van der Waals surface area contributed by atoms with E-state index in [0.29, 0.717) is 18.1 Å². The third-order valence-electron chi connectivity index (χ3n) is 5.54. The molecule has 0 aromatic carbocycles. The Kier molecular flexibility index (Phi) is 3.20. The lowest BCUT2D eigenvalue weighted by atomic mass is 9.57. The molecule has 0 aromatic rings. The number of hydrogen-bond donors (Lipinski definition) is 2. The molecule has 1 saturated heterocycles. The van der Waals surface area contributed by atoms with Crippen molar-refractivity contribution in [1.29, 1.82) is 0 Å². The Morgan fingerprint density at radius 1 is 1.22 bits per heavy atom.